The minimum atomic E-state index is -4.93. The van der Waals surface area contributed by atoms with Crippen molar-refractivity contribution >= 4 is 23.1 Å². The molecule has 0 amide bonds. The van der Waals surface area contributed by atoms with Crippen LogP contribution in [0.25, 0.3) is 5.70 Å². The number of hydrogen-bond donors (Lipinski definition) is 1. The van der Waals surface area contributed by atoms with Gasteiger partial charge in [-0.3, -0.25) is 10.3 Å². The van der Waals surface area contributed by atoms with Gasteiger partial charge in [0.15, 0.2) is 5.67 Å². The molecule has 2 aromatic carbocycles. The third-order valence-electron chi connectivity index (χ3n) is 5.98. The molecule has 0 saturated carbocycles. The summed E-state index contributed by atoms with van der Waals surface area (Å²) in [6.45, 7) is 3.72. The fourth-order valence-electron chi connectivity index (χ4n) is 4.22. The van der Waals surface area contributed by atoms with E-state index in [4.69, 9.17) is 21.7 Å². The zero-order chi connectivity index (χ0) is 25.6. The smallest absolute Gasteiger partial charge is 0.352 e. The Hall–Kier alpha value is -3.16. The molecule has 1 unspecified atom stereocenters. The van der Waals surface area contributed by atoms with Crippen LogP contribution in [0.2, 0.25) is 5.02 Å². The van der Waals surface area contributed by atoms with Crippen molar-refractivity contribution < 1.29 is 26.8 Å². The first-order chi connectivity index (χ1) is 16.4. The minimum Gasteiger partial charge on any atom is -0.352 e. The maximum atomic E-state index is 15.4. The quantitative estimate of drug-likeness (QED) is 0.243. The van der Waals surface area contributed by atoms with Gasteiger partial charge in [0.2, 0.25) is 11.8 Å². The number of nitriles is 1. The van der Waals surface area contributed by atoms with Crippen LogP contribution >= 0.6 is 11.6 Å². The molecule has 2 aromatic rings. The van der Waals surface area contributed by atoms with Gasteiger partial charge >= 0.3 is 6.18 Å². The highest BCUT2D eigenvalue weighted by Gasteiger charge is 2.59. The van der Waals surface area contributed by atoms with Crippen LogP contribution in [0.3, 0.4) is 0 Å². The summed E-state index contributed by atoms with van der Waals surface area (Å²) in [5, 5.41) is 8.64. The number of rotatable bonds is 4. The van der Waals surface area contributed by atoms with Crippen molar-refractivity contribution in [2.45, 2.75) is 31.3 Å². The van der Waals surface area contributed by atoms with E-state index in [1.807, 2.05) is 13.8 Å². The van der Waals surface area contributed by atoms with Crippen LogP contribution in [0.4, 0.5) is 22.0 Å². The van der Waals surface area contributed by atoms with Gasteiger partial charge in [0, 0.05) is 16.5 Å². The standard InChI is InChI=1S/C24H20ClF5N4O/c1-14(2)21(32-13-31)34-11-22(27,12-34)16-5-3-15(4-6-16)20-10-23(35-33-20,24(28,29)30)17-7-18(25)9-19(26)8-17/h3-10,14,33H,11-12H2,1-2H3. The number of likely N-dealkylation sites (tertiary alicyclic amines) is 1. The molecule has 2 aliphatic heterocycles. The highest BCUT2D eigenvalue weighted by molar-refractivity contribution is 6.30. The molecular weight excluding hydrogens is 491 g/mol. The lowest BCUT2D eigenvalue weighted by atomic mass is 9.86. The van der Waals surface area contributed by atoms with Crippen molar-refractivity contribution in [2.75, 3.05) is 13.1 Å². The molecule has 1 saturated heterocycles. The third kappa shape index (κ3) is 4.46. The average molecular weight is 511 g/mol. The zero-order valence-electron chi connectivity index (χ0n) is 18.6. The first kappa shape index (κ1) is 24.9. The molecule has 4 rings (SSSR count). The lowest BCUT2D eigenvalue weighted by Crippen LogP contribution is -2.59. The van der Waals surface area contributed by atoms with Crippen LogP contribution in [0.1, 0.15) is 30.5 Å². The number of alkyl halides is 4. The van der Waals surface area contributed by atoms with Gasteiger partial charge in [-0.15, -0.1) is 0 Å². The van der Waals surface area contributed by atoms with E-state index in [-0.39, 0.29) is 29.7 Å². The average Bonchev–Trinajstić information content (AvgIpc) is 3.22. The Labute approximate surface area is 203 Å². The van der Waals surface area contributed by atoms with Crippen molar-refractivity contribution in [2.24, 2.45) is 10.9 Å². The number of hydroxylamine groups is 1. The lowest BCUT2D eigenvalue weighted by Gasteiger charge is -2.47. The van der Waals surface area contributed by atoms with Crippen molar-refractivity contribution in [3.8, 4) is 6.19 Å². The summed E-state index contributed by atoms with van der Waals surface area (Å²) >= 11 is 5.77. The molecule has 1 atom stereocenters. The first-order valence-corrected chi connectivity index (χ1v) is 11.0. The van der Waals surface area contributed by atoms with Crippen LogP contribution in [0, 0.1) is 23.2 Å². The summed E-state index contributed by atoms with van der Waals surface area (Å²) in [4.78, 5) is 10.4. The fourth-order valence-corrected chi connectivity index (χ4v) is 4.44. The Balaban J connectivity index is 1.59. The van der Waals surface area contributed by atoms with Gasteiger partial charge in [-0.05, 0) is 35.4 Å². The van der Waals surface area contributed by atoms with Crippen molar-refractivity contribution in [1.82, 2.24) is 10.4 Å². The van der Waals surface area contributed by atoms with Crippen molar-refractivity contribution in [3.05, 3.63) is 76.1 Å². The maximum Gasteiger partial charge on any atom is 0.428 e. The SMILES string of the molecule is CC(C)C(=NC#N)N1CC(F)(c2ccc(C3=CC(c4cc(F)cc(Cl)c4)(C(F)(F)F)ON3)cc2)C1. The van der Waals surface area contributed by atoms with Crippen LogP contribution in [-0.2, 0) is 16.1 Å². The Morgan fingerprint density at radius 1 is 1.17 bits per heavy atom. The van der Waals surface area contributed by atoms with Gasteiger partial charge in [-0.25, -0.2) is 8.78 Å². The lowest BCUT2D eigenvalue weighted by molar-refractivity contribution is -0.269. The largest absolute Gasteiger partial charge is 0.428 e. The number of benzene rings is 2. The van der Waals surface area contributed by atoms with E-state index in [0.717, 1.165) is 18.2 Å². The van der Waals surface area contributed by atoms with E-state index < -0.39 is 28.8 Å². The number of halogens is 6. The monoisotopic (exact) mass is 510 g/mol. The second-order valence-electron chi connectivity index (χ2n) is 8.78. The molecule has 2 heterocycles. The summed E-state index contributed by atoms with van der Waals surface area (Å²) < 4.78 is 71.5. The Bertz CT molecular complexity index is 1210. The first-order valence-electron chi connectivity index (χ1n) is 10.6. The zero-order valence-corrected chi connectivity index (χ0v) is 19.4. The van der Waals surface area contributed by atoms with Gasteiger partial charge in [-0.1, -0.05) is 49.7 Å². The van der Waals surface area contributed by atoms with Gasteiger partial charge < -0.3 is 4.90 Å². The van der Waals surface area contributed by atoms with E-state index in [2.05, 4.69) is 10.5 Å². The number of nitrogens with zero attached hydrogens (tertiary/aromatic N) is 3. The molecule has 0 aromatic heterocycles. The number of aliphatic imine (C=N–C) groups is 1. The van der Waals surface area contributed by atoms with Gasteiger partial charge in [0.25, 0.3) is 0 Å². The minimum absolute atomic E-state index is 0.00656. The maximum absolute atomic E-state index is 15.4. The summed E-state index contributed by atoms with van der Waals surface area (Å²) in [5.41, 5.74) is -2.26. The van der Waals surface area contributed by atoms with Crippen LogP contribution in [0.15, 0.2) is 53.5 Å². The molecule has 1 N–H and O–H groups in total. The summed E-state index contributed by atoms with van der Waals surface area (Å²) in [6.07, 6.45) is -2.40. The third-order valence-corrected chi connectivity index (χ3v) is 6.20. The van der Waals surface area contributed by atoms with Gasteiger partial charge in [0.05, 0.1) is 18.8 Å². The molecule has 35 heavy (non-hydrogen) atoms. The van der Waals surface area contributed by atoms with Crippen molar-refractivity contribution in [1.29, 1.82) is 5.26 Å². The van der Waals surface area contributed by atoms with Crippen LogP contribution in [-0.4, -0.2) is 30.0 Å². The molecule has 1 fully saturated rings. The molecule has 184 valence electrons. The van der Waals surface area contributed by atoms with Gasteiger partial charge in [-0.2, -0.15) is 23.4 Å². The van der Waals surface area contributed by atoms with E-state index in [1.54, 1.807) is 11.1 Å². The highest BCUT2D eigenvalue weighted by Crippen LogP contribution is 2.48. The molecule has 0 radical (unpaired) electrons. The predicted molar refractivity (Wildman–Crippen MR) is 120 cm³/mol. The summed E-state index contributed by atoms with van der Waals surface area (Å²) in [5.74, 6) is -0.492. The van der Waals surface area contributed by atoms with Crippen LogP contribution < -0.4 is 5.48 Å². The normalized spacial score (nSPS) is 21.9. The Kier molecular flexibility index (Phi) is 6.28. The molecule has 0 spiro atoms. The Morgan fingerprint density at radius 3 is 2.37 bits per heavy atom. The summed E-state index contributed by atoms with van der Waals surface area (Å²) in [6, 6.07) is 8.50. The molecule has 2 aliphatic rings. The number of hydrogen-bond acceptors (Lipinski definition) is 4. The summed E-state index contributed by atoms with van der Waals surface area (Å²) in [7, 11) is 0. The van der Waals surface area contributed by atoms with E-state index in [1.165, 1.54) is 24.3 Å². The number of amidine groups is 1. The molecule has 11 heteroatoms. The molecule has 0 aliphatic carbocycles. The van der Waals surface area contributed by atoms with Crippen molar-refractivity contribution in [3.63, 3.8) is 0 Å². The second-order valence-corrected chi connectivity index (χ2v) is 9.21. The van der Waals surface area contributed by atoms with E-state index in [9.17, 15) is 17.6 Å². The molecule has 5 nitrogen and oxygen atoms in total. The van der Waals surface area contributed by atoms with E-state index in [0.29, 0.717) is 23.0 Å². The fraction of sp³-hybridized carbons (Fsp3) is 0.333. The van der Waals surface area contributed by atoms with Crippen LogP contribution in [0.5, 0.6) is 0 Å². The molecule has 0 bridgehead atoms. The molecular formula is C24H20ClF5N4O. The topological polar surface area (TPSA) is 60.7 Å². The Morgan fingerprint density at radius 2 is 1.83 bits per heavy atom. The number of nitrogens with one attached hydrogen (secondary N) is 1. The highest BCUT2D eigenvalue weighted by atomic mass is 35.5. The predicted octanol–water partition coefficient (Wildman–Crippen LogP) is 5.83. The second kappa shape index (κ2) is 8.81. The van der Waals surface area contributed by atoms with E-state index >= 15 is 4.39 Å². The van der Waals surface area contributed by atoms with Gasteiger partial charge in [0.1, 0.15) is 11.7 Å².